The lowest BCUT2D eigenvalue weighted by atomic mass is 9.86. The fraction of sp³-hybridized carbons (Fsp3) is 0.400. The minimum atomic E-state index is -0.366. The Morgan fingerprint density at radius 3 is 2.86 bits per heavy atom. The summed E-state index contributed by atoms with van der Waals surface area (Å²) < 4.78 is 6.90. The van der Waals surface area contributed by atoms with Crippen LogP contribution in [-0.2, 0) is 12.2 Å². The van der Waals surface area contributed by atoms with Crippen molar-refractivity contribution >= 4 is 40.1 Å². The van der Waals surface area contributed by atoms with Crippen LogP contribution in [0.1, 0.15) is 43.8 Å². The van der Waals surface area contributed by atoms with Gasteiger partial charge in [0, 0.05) is 12.6 Å². The predicted octanol–water partition coefficient (Wildman–Crippen LogP) is 5.59. The highest BCUT2D eigenvalue weighted by Gasteiger charge is 2.16. The largest absolute Gasteiger partial charge is 0.445 e. The van der Waals surface area contributed by atoms with E-state index in [-0.39, 0.29) is 6.03 Å². The molecule has 9 heteroatoms. The first-order chi connectivity index (χ1) is 14.2. The van der Waals surface area contributed by atoms with E-state index in [1.165, 1.54) is 43.4 Å². The van der Waals surface area contributed by atoms with Gasteiger partial charge in [0.15, 0.2) is 5.13 Å². The number of carbonyl (C=O) groups is 1. The van der Waals surface area contributed by atoms with Crippen LogP contribution in [0.3, 0.4) is 0 Å². The van der Waals surface area contributed by atoms with Crippen LogP contribution in [0.4, 0.5) is 15.7 Å². The number of nitrogens with one attached hydrogen (secondary N) is 2. The van der Waals surface area contributed by atoms with Gasteiger partial charge < -0.3 is 4.42 Å². The molecular formula is C20H23N5O2S2. The first kappa shape index (κ1) is 19.9. The van der Waals surface area contributed by atoms with Crippen molar-refractivity contribution in [2.75, 3.05) is 10.6 Å². The maximum absolute atomic E-state index is 12.0. The molecule has 0 bridgehead atoms. The third kappa shape index (κ3) is 6.04. The average molecular weight is 430 g/mol. The number of pyridine rings is 1. The van der Waals surface area contributed by atoms with Gasteiger partial charge in [-0.25, -0.2) is 19.7 Å². The minimum absolute atomic E-state index is 0.366. The molecule has 1 aliphatic carbocycles. The zero-order valence-corrected chi connectivity index (χ0v) is 17.6. The van der Waals surface area contributed by atoms with E-state index >= 15 is 0 Å². The van der Waals surface area contributed by atoms with Crippen molar-refractivity contribution < 1.29 is 9.21 Å². The average Bonchev–Trinajstić information content (AvgIpc) is 3.37. The van der Waals surface area contributed by atoms with Crippen LogP contribution >= 0.6 is 23.1 Å². The summed E-state index contributed by atoms with van der Waals surface area (Å²) in [6, 6.07) is 4.96. The molecule has 0 saturated heterocycles. The lowest BCUT2D eigenvalue weighted by Gasteiger charge is -2.19. The van der Waals surface area contributed by atoms with Crippen LogP contribution in [-0.4, -0.2) is 21.0 Å². The van der Waals surface area contributed by atoms with Gasteiger partial charge in [-0.2, -0.15) is 0 Å². The Kier molecular flexibility index (Phi) is 6.79. The maximum Gasteiger partial charge on any atom is 0.326 e. The maximum atomic E-state index is 12.0. The Morgan fingerprint density at radius 2 is 2.03 bits per heavy atom. The van der Waals surface area contributed by atoms with E-state index in [4.69, 9.17) is 4.42 Å². The monoisotopic (exact) mass is 429 g/mol. The van der Waals surface area contributed by atoms with Crippen molar-refractivity contribution in [2.24, 2.45) is 5.92 Å². The Morgan fingerprint density at radius 1 is 1.14 bits per heavy atom. The van der Waals surface area contributed by atoms with E-state index in [9.17, 15) is 4.79 Å². The van der Waals surface area contributed by atoms with Crippen molar-refractivity contribution in [2.45, 2.75) is 48.5 Å². The molecule has 7 nitrogen and oxygen atoms in total. The molecule has 152 valence electrons. The van der Waals surface area contributed by atoms with E-state index in [1.807, 2.05) is 12.3 Å². The number of oxazole rings is 1. The molecule has 2 N–H and O–H groups in total. The molecule has 3 heterocycles. The molecule has 1 fully saturated rings. The van der Waals surface area contributed by atoms with E-state index in [2.05, 4.69) is 25.6 Å². The molecule has 0 spiro atoms. The first-order valence-electron chi connectivity index (χ1n) is 9.76. The van der Waals surface area contributed by atoms with Crippen LogP contribution < -0.4 is 10.6 Å². The summed E-state index contributed by atoms with van der Waals surface area (Å²) in [6.45, 7) is 0. The molecule has 3 aromatic heterocycles. The Labute approximate surface area is 177 Å². The summed E-state index contributed by atoms with van der Waals surface area (Å²) >= 11 is 3.02. The van der Waals surface area contributed by atoms with Gasteiger partial charge >= 0.3 is 6.03 Å². The van der Waals surface area contributed by atoms with Crippen LogP contribution in [0.25, 0.3) is 0 Å². The van der Waals surface area contributed by atoms with Crippen molar-refractivity contribution in [3.05, 3.63) is 48.4 Å². The number of nitrogens with zero attached hydrogens (tertiary/aromatic N) is 3. The molecule has 1 saturated carbocycles. The number of carbonyl (C=O) groups excluding carboxylic acids is 1. The van der Waals surface area contributed by atoms with E-state index < -0.39 is 0 Å². The van der Waals surface area contributed by atoms with Gasteiger partial charge in [0.05, 0.1) is 22.4 Å². The van der Waals surface area contributed by atoms with Crippen molar-refractivity contribution in [3.8, 4) is 0 Å². The van der Waals surface area contributed by atoms with Gasteiger partial charge in [-0.1, -0.05) is 49.5 Å². The smallest absolute Gasteiger partial charge is 0.326 e. The minimum Gasteiger partial charge on any atom is -0.445 e. The number of hydrogen-bond acceptors (Lipinski definition) is 7. The molecular weight excluding hydrogens is 406 g/mol. The molecule has 1 aliphatic rings. The van der Waals surface area contributed by atoms with E-state index in [0.29, 0.717) is 16.7 Å². The van der Waals surface area contributed by atoms with Crippen molar-refractivity contribution in [3.63, 3.8) is 0 Å². The highest BCUT2D eigenvalue weighted by Crippen LogP contribution is 2.31. The van der Waals surface area contributed by atoms with Gasteiger partial charge in [-0.15, -0.1) is 11.8 Å². The second-order valence-electron chi connectivity index (χ2n) is 7.00. The van der Waals surface area contributed by atoms with Crippen LogP contribution in [0.15, 0.2) is 45.4 Å². The lowest BCUT2D eigenvalue weighted by Crippen LogP contribution is -2.19. The topological polar surface area (TPSA) is 92.9 Å². The van der Waals surface area contributed by atoms with E-state index in [0.717, 1.165) is 28.2 Å². The third-order valence-electron chi connectivity index (χ3n) is 4.77. The quantitative estimate of drug-likeness (QED) is 0.476. The summed E-state index contributed by atoms with van der Waals surface area (Å²) in [7, 11) is 0. The second kappa shape index (κ2) is 9.89. The first-order valence-corrected chi connectivity index (χ1v) is 11.6. The molecule has 0 aliphatic heterocycles. The molecule has 0 radical (unpaired) electrons. The molecule has 4 rings (SSSR count). The standard InChI is InChI=1S/C20H23N5O2S2/c26-19(24-16-8-4-5-9-21-16)25-20-23-12-18(29-20)28-13-17-22-11-15(27-17)10-14-6-2-1-3-7-14/h4-5,8-9,11-12,14H,1-3,6-7,10,13H2,(H2,21,23,24,25,26). The number of anilines is 2. The Balaban J connectivity index is 1.23. The van der Waals surface area contributed by atoms with Crippen LogP contribution in [0.2, 0.25) is 0 Å². The number of aromatic nitrogens is 3. The number of amides is 2. The molecule has 0 unspecified atom stereocenters. The second-order valence-corrected chi connectivity index (χ2v) is 9.30. The third-order valence-corrected chi connectivity index (χ3v) is 6.86. The molecule has 0 aromatic carbocycles. The number of rotatable bonds is 7. The van der Waals surface area contributed by atoms with Gasteiger partial charge in [0.2, 0.25) is 5.89 Å². The molecule has 29 heavy (non-hydrogen) atoms. The number of hydrogen-bond donors (Lipinski definition) is 2. The Hall–Kier alpha value is -2.39. The van der Waals surface area contributed by atoms with E-state index in [1.54, 1.807) is 36.3 Å². The predicted molar refractivity (Wildman–Crippen MR) is 115 cm³/mol. The normalized spacial score (nSPS) is 14.6. The summed E-state index contributed by atoms with van der Waals surface area (Å²) in [4.78, 5) is 24.7. The van der Waals surface area contributed by atoms with Gasteiger partial charge in [0.25, 0.3) is 0 Å². The number of thioether (sulfide) groups is 1. The fourth-order valence-electron chi connectivity index (χ4n) is 3.38. The molecule has 0 atom stereocenters. The van der Waals surface area contributed by atoms with Crippen LogP contribution in [0, 0.1) is 5.92 Å². The summed E-state index contributed by atoms with van der Waals surface area (Å²) in [6.07, 6.45) is 12.9. The van der Waals surface area contributed by atoms with Gasteiger partial charge in [-0.3, -0.25) is 10.6 Å². The van der Waals surface area contributed by atoms with Crippen molar-refractivity contribution in [1.82, 2.24) is 15.0 Å². The van der Waals surface area contributed by atoms with Crippen molar-refractivity contribution in [1.29, 1.82) is 0 Å². The van der Waals surface area contributed by atoms with Gasteiger partial charge in [0.1, 0.15) is 11.6 Å². The zero-order chi connectivity index (χ0) is 19.9. The molecule has 3 aromatic rings. The summed E-state index contributed by atoms with van der Waals surface area (Å²) in [5, 5.41) is 5.92. The Bertz CT molecular complexity index is 922. The SMILES string of the molecule is O=C(Nc1ccccn1)Nc1ncc(SCc2ncc(CC3CCCCC3)o2)s1. The van der Waals surface area contributed by atoms with Gasteiger partial charge in [-0.05, 0) is 18.1 Å². The highest BCUT2D eigenvalue weighted by molar-refractivity contribution is 8.00. The van der Waals surface area contributed by atoms with Crippen LogP contribution in [0.5, 0.6) is 0 Å². The molecule has 2 amide bonds. The number of thiazole rings is 1. The zero-order valence-electron chi connectivity index (χ0n) is 16.0. The lowest BCUT2D eigenvalue weighted by molar-refractivity contribution is 0.262. The highest BCUT2D eigenvalue weighted by atomic mass is 32.2. The number of urea groups is 1. The fourth-order valence-corrected chi connectivity index (χ4v) is 5.10. The summed E-state index contributed by atoms with van der Waals surface area (Å²) in [5.74, 6) is 3.60. The summed E-state index contributed by atoms with van der Waals surface area (Å²) in [5.41, 5.74) is 0.